The summed E-state index contributed by atoms with van der Waals surface area (Å²) in [7, 11) is 0. The van der Waals surface area contributed by atoms with Crippen LogP contribution in [0, 0.1) is 0 Å². The highest BCUT2D eigenvalue weighted by Gasteiger charge is 2.24. The smallest absolute Gasteiger partial charge is 0.340 e. The van der Waals surface area contributed by atoms with E-state index in [0.717, 1.165) is 6.26 Å². The lowest BCUT2D eigenvalue weighted by Crippen LogP contribution is -2.16. The first kappa shape index (κ1) is 10.6. The number of aromatic carboxylic acids is 1. The minimum absolute atomic E-state index is 0.315. The van der Waals surface area contributed by atoms with Crippen LogP contribution in [0.2, 0.25) is 0 Å². The molecule has 0 bridgehead atoms. The van der Waals surface area contributed by atoms with Gasteiger partial charge in [0.2, 0.25) is 0 Å². The van der Waals surface area contributed by atoms with Crippen molar-refractivity contribution in [1.29, 1.82) is 0 Å². The maximum absolute atomic E-state index is 12.5. The van der Waals surface area contributed by atoms with E-state index in [1.807, 2.05) is 0 Å². The number of hydrogen-bond acceptors (Lipinski definition) is 3. The Labute approximate surface area is 76.3 Å². The van der Waals surface area contributed by atoms with Crippen LogP contribution in [0.3, 0.4) is 0 Å². The second-order valence-corrected chi connectivity index (χ2v) is 2.53. The third kappa shape index (κ3) is 2.24. The fraction of sp³-hybridized carbons (Fsp3) is 0.429. The Hall–Kier alpha value is -1.53. The van der Waals surface area contributed by atoms with Crippen molar-refractivity contribution in [1.82, 2.24) is 5.16 Å². The van der Waals surface area contributed by atoms with Gasteiger partial charge in [0, 0.05) is 6.42 Å². The number of alkyl halides is 3. The van der Waals surface area contributed by atoms with Gasteiger partial charge in [-0.3, -0.25) is 0 Å². The molecule has 0 spiro atoms. The van der Waals surface area contributed by atoms with Crippen LogP contribution >= 0.6 is 0 Å². The molecule has 1 heterocycles. The van der Waals surface area contributed by atoms with Gasteiger partial charge in [0.05, 0.1) is 0 Å². The summed E-state index contributed by atoms with van der Waals surface area (Å²) in [6.45, 7) is 0. The fourth-order valence-corrected chi connectivity index (χ4v) is 0.855. The Morgan fingerprint density at radius 3 is 2.71 bits per heavy atom. The van der Waals surface area contributed by atoms with Crippen LogP contribution in [0.1, 0.15) is 16.1 Å². The third-order valence-electron chi connectivity index (χ3n) is 1.54. The summed E-state index contributed by atoms with van der Waals surface area (Å²) < 4.78 is 40.3. The van der Waals surface area contributed by atoms with Crippen LogP contribution < -0.4 is 0 Å². The summed E-state index contributed by atoms with van der Waals surface area (Å²) in [4.78, 5) is 10.4. The van der Waals surface area contributed by atoms with E-state index in [1.54, 1.807) is 0 Å². The van der Waals surface area contributed by atoms with Crippen LogP contribution in [-0.2, 0) is 6.42 Å². The summed E-state index contributed by atoms with van der Waals surface area (Å²) in [6.07, 6.45) is -5.59. The number of carboxylic acids is 1. The first-order chi connectivity index (χ1) is 6.52. The molecule has 1 aromatic heterocycles. The number of rotatable bonds is 4. The normalized spacial score (nSPS) is 13.1. The molecule has 0 radical (unpaired) electrons. The van der Waals surface area contributed by atoms with Gasteiger partial charge in [0.15, 0.2) is 6.17 Å². The fourth-order valence-electron chi connectivity index (χ4n) is 0.855. The molecule has 14 heavy (non-hydrogen) atoms. The van der Waals surface area contributed by atoms with E-state index < -0.39 is 30.6 Å². The van der Waals surface area contributed by atoms with Gasteiger partial charge in [-0.25, -0.2) is 18.0 Å². The first-order valence-corrected chi connectivity index (χ1v) is 3.61. The van der Waals surface area contributed by atoms with Crippen LogP contribution in [0.4, 0.5) is 13.2 Å². The summed E-state index contributed by atoms with van der Waals surface area (Å²) in [6, 6.07) is 0. The minimum atomic E-state index is -3.16. The van der Waals surface area contributed by atoms with Crippen molar-refractivity contribution in [3.63, 3.8) is 0 Å². The number of halogens is 3. The molecule has 0 aliphatic carbocycles. The Kier molecular flexibility index (Phi) is 3.10. The van der Waals surface area contributed by atoms with Crippen molar-refractivity contribution in [3.8, 4) is 0 Å². The van der Waals surface area contributed by atoms with E-state index in [-0.39, 0.29) is 5.69 Å². The standard InChI is InChI=1S/C7H6F3NO3/c8-4(6(9)10)1-5-3(7(12)13)2-14-11-5/h2,4,6H,1H2,(H,12,13). The van der Waals surface area contributed by atoms with Crippen LogP contribution in [0.15, 0.2) is 10.8 Å². The molecule has 1 N–H and O–H groups in total. The molecule has 1 atom stereocenters. The highest BCUT2D eigenvalue weighted by Crippen LogP contribution is 2.15. The molecule has 1 rings (SSSR count). The minimum Gasteiger partial charge on any atom is -0.478 e. The largest absolute Gasteiger partial charge is 0.478 e. The van der Waals surface area contributed by atoms with Gasteiger partial charge in [-0.2, -0.15) is 0 Å². The van der Waals surface area contributed by atoms with E-state index in [1.165, 1.54) is 0 Å². The Balaban J connectivity index is 2.76. The second kappa shape index (κ2) is 4.12. The van der Waals surface area contributed by atoms with Gasteiger partial charge in [0.1, 0.15) is 17.5 Å². The third-order valence-corrected chi connectivity index (χ3v) is 1.54. The van der Waals surface area contributed by atoms with Crippen molar-refractivity contribution in [2.24, 2.45) is 0 Å². The molecule has 0 aromatic carbocycles. The summed E-state index contributed by atoms with van der Waals surface area (Å²) >= 11 is 0. The quantitative estimate of drug-likeness (QED) is 0.816. The Morgan fingerprint density at radius 2 is 2.21 bits per heavy atom. The van der Waals surface area contributed by atoms with Gasteiger partial charge >= 0.3 is 5.97 Å². The molecule has 4 nitrogen and oxygen atoms in total. The Morgan fingerprint density at radius 1 is 1.57 bits per heavy atom. The second-order valence-electron chi connectivity index (χ2n) is 2.53. The molecular formula is C7H6F3NO3. The zero-order valence-corrected chi connectivity index (χ0v) is 6.78. The number of carbonyl (C=O) groups is 1. The molecule has 78 valence electrons. The van der Waals surface area contributed by atoms with Crippen molar-refractivity contribution in [3.05, 3.63) is 17.5 Å². The summed E-state index contributed by atoms with van der Waals surface area (Å²) in [5.41, 5.74) is -0.710. The summed E-state index contributed by atoms with van der Waals surface area (Å²) in [5, 5.41) is 11.6. The molecule has 7 heteroatoms. The molecular weight excluding hydrogens is 203 g/mol. The monoisotopic (exact) mass is 209 g/mol. The highest BCUT2D eigenvalue weighted by molar-refractivity contribution is 5.88. The van der Waals surface area contributed by atoms with E-state index in [4.69, 9.17) is 5.11 Å². The maximum atomic E-state index is 12.5. The number of hydrogen-bond donors (Lipinski definition) is 1. The zero-order valence-electron chi connectivity index (χ0n) is 6.78. The average Bonchev–Trinajstić information content (AvgIpc) is 2.52. The SMILES string of the molecule is O=C(O)c1conc1CC(F)C(F)F. The number of carboxylic acid groups (broad SMARTS) is 1. The molecule has 1 unspecified atom stereocenters. The highest BCUT2D eigenvalue weighted by atomic mass is 19.3. The predicted octanol–water partition coefficient (Wildman–Crippen LogP) is 1.52. The zero-order chi connectivity index (χ0) is 10.7. The van der Waals surface area contributed by atoms with E-state index in [0.29, 0.717) is 0 Å². The van der Waals surface area contributed by atoms with Crippen molar-refractivity contribution >= 4 is 5.97 Å². The van der Waals surface area contributed by atoms with Gasteiger partial charge in [-0.05, 0) is 0 Å². The van der Waals surface area contributed by atoms with Crippen molar-refractivity contribution in [2.75, 3.05) is 0 Å². The van der Waals surface area contributed by atoms with E-state index >= 15 is 0 Å². The number of nitrogens with zero attached hydrogens (tertiary/aromatic N) is 1. The first-order valence-electron chi connectivity index (χ1n) is 3.61. The van der Waals surface area contributed by atoms with Crippen LogP contribution in [0.5, 0.6) is 0 Å². The molecule has 1 aromatic rings. The predicted molar refractivity (Wildman–Crippen MR) is 38.1 cm³/mol. The summed E-state index contributed by atoms with van der Waals surface area (Å²) in [5.74, 6) is -1.39. The maximum Gasteiger partial charge on any atom is 0.340 e. The lowest BCUT2D eigenvalue weighted by Gasteiger charge is -2.03. The van der Waals surface area contributed by atoms with Crippen LogP contribution in [0.25, 0.3) is 0 Å². The van der Waals surface area contributed by atoms with Gasteiger partial charge < -0.3 is 9.63 Å². The molecule has 0 fully saturated rings. The molecule has 0 saturated carbocycles. The van der Waals surface area contributed by atoms with E-state index in [9.17, 15) is 18.0 Å². The van der Waals surface area contributed by atoms with Gasteiger partial charge in [-0.1, -0.05) is 5.16 Å². The van der Waals surface area contributed by atoms with Crippen molar-refractivity contribution in [2.45, 2.75) is 19.0 Å². The van der Waals surface area contributed by atoms with E-state index in [2.05, 4.69) is 9.68 Å². The average molecular weight is 209 g/mol. The molecule has 0 aliphatic rings. The molecule has 0 saturated heterocycles. The molecule has 0 aliphatic heterocycles. The van der Waals surface area contributed by atoms with Gasteiger partial charge in [-0.15, -0.1) is 0 Å². The number of aromatic nitrogens is 1. The Bertz CT molecular complexity index is 326. The van der Waals surface area contributed by atoms with Gasteiger partial charge in [0.25, 0.3) is 6.43 Å². The lowest BCUT2D eigenvalue weighted by atomic mass is 10.1. The lowest BCUT2D eigenvalue weighted by molar-refractivity contribution is 0.0489. The van der Waals surface area contributed by atoms with Crippen molar-refractivity contribution < 1.29 is 27.6 Å². The topological polar surface area (TPSA) is 63.3 Å². The van der Waals surface area contributed by atoms with Crippen LogP contribution in [-0.4, -0.2) is 28.8 Å². The molecule has 0 amide bonds.